The van der Waals surface area contributed by atoms with Gasteiger partial charge >= 0.3 is 0 Å². The van der Waals surface area contributed by atoms with Gasteiger partial charge in [-0.3, -0.25) is 4.79 Å². The van der Waals surface area contributed by atoms with E-state index in [2.05, 4.69) is 88.4 Å². The Morgan fingerprint density at radius 2 is 0.534 bits per heavy atom. The number of ether oxygens (including phenoxy) is 12. The summed E-state index contributed by atoms with van der Waals surface area (Å²) in [6, 6.07) is -0.875. The smallest absolute Gasteiger partial charge is 0.217 e. The molecule has 0 aromatic carbocycles. The lowest BCUT2D eigenvalue weighted by molar-refractivity contribution is -0.360. The number of hydrogen-bond donors (Lipinski definition) is 22. The average molecular weight is 1510 g/mol. The Balaban J connectivity index is 0.000000445. The number of nitrogens with one attached hydrogen (secondary N) is 1. The number of carbonyl (C=O) groups is 1. The van der Waals surface area contributed by atoms with Crippen LogP contribution in [0.4, 0.5) is 0 Å². The van der Waals surface area contributed by atoms with E-state index in [1.165, 1.54) is 6.92 Å². The molecule has 6 rings (SSSR count). The summed E-state index contributed by atoms with van der Waals surface area (Å²) >= 11 is 0. The molecule has 0 radical (unpaired) electrons. The summed E-state index contributed by atoms with van der Waals surface area (Å²) in [6.07, 6.45) is -32.0. The predicted octanol–water partition coefficient (Wildman–Crippen LogP) is -4.81. The van der Waals surface area contributed by atoms with Crippen LogP contribution in [0.5, 0.6) is 0 Å². The number of aliphatic hydroxyl groups is 21. The highest BCUT2D eigenvalue weighted by atomic mass is 16.8. The molecule has 103 heavy (non-hydrogen) atoms. The lowest BCUT2D eigenvalue weighted by Gasteiger charge is -2.46. The molecule has 0 saturated carbocycles. The van der Waals surface area contributed by atoms with Crippen LogP contribution in [0.2, 0.25) is 0 Å². The largest absolute Gasteiger partial charge is 0.394 e. The van der Waals surface area contributed by atoms with Crippen LogP contribution in [0.3, 0.4) is 0 Å². The van der Waals surface area contributed by atoms with E-state index >= 15 is 0 Å². The van der Waals surface area contributed by atoms with Gasteiger partial charge in [0.25, 0.3) is 0 Å². The Labute approximate surface area is 605 Å². The third-order valence-electron chi connectivity index (χ3n) is 17.4. The monoisotopic (exact) mass is 1510 g/mol. The van der Waals surface area contributed by atoms with Gasteiger partial charge in [-0.25, -0.2) is 0 Å². The van der Waals surface area contributed by atoms with Crippen LogP contribution in [0.1, 0.15) is 150 Å². The second-order valence-electron chi connectivity index (χ2n) is 32.9. The topological polar surface area (TPSA) is 565 Å². The second-order valence-corrected chi connectivity index (χ2v) is 32.9. The van der Waals surface area contributed by atoms with E-state index in [4.69, 9.17) is 67.1 Å². The molecule has 0 aliphatic carbocycles. The van der Waals surface area contributed by atoms with Crippen molar-refractivity contribution in [3.8, 4) is 0 Å². The molecular weight excluding hydrogens is 1370 g/mol. The zero-order valence-corrected chi connectivity index (χ0v) is 63.1. The normalized spacial score (nSPS) is 39.0. The second kappa shape index (κ2) is 44.3. The first-order valence-corrected chi connectivity index (χ1v) is 35.3. The summed E-state index contributed by atoms with van der Waals surface area (Å²) < 4.78 is 64.7. The fourth-order valence-corrected chi connectivity index (χ4v) is 10.3. The van der Waals surface area contributed by atoms with Crippen molar-refractivity contribution in [1.82, 2.24) is 5.32 Å². The van der Waals surface area contributed by atoms with Gasteiger partial charge in [0.15, 0.2) is 37.7 Å². The van der Waals surface area contributed by atoms with Crippen LogP contribution in [0, 0.1) is 27.1 Å². The Morgan fingerprint density at radius 1 is 0.301 bits per heavy atom. The lowest BCUT2D eigenvalue weighted by Crippen LogP contribution is -2.64. The van der Waals surface area contributed by atoms with Gasteiger partial charge in [-0.1, -0.05) is 104 Å². The molecular formula is C68H133NO34. The van der Waals surface area contributed by atoms with Crippen molar-refractivity contribution >= 4 is 5.91 Å². The van der Waals surface area contributed by atoms with Crippen LogP contribution in [-0.4, -0.2) is 363 Å². The molecule has 6 saturated heterocycles. The molecule has 35 heteroatoms. The maximum atomic E-state index is 11.2. The molecule has 6 aliphatic heterocycles. The lowest BCUT2D eigenvalue weighted by atomic mass is 9.93. The van der Waals surface area contributed by atoms with E-state index in [1.54, 1.807) is 6.92 Å². The zero-order valence-electron chi connectivity index (χ0n) is 63.1. The quantitative estimate of drug-likeness (QED) is 0.0456. The van der Waals surface area contributed by atoms with Gasteiger partial charge in [-0.15, -0.1) is 0 Å². The minimum Gasteiger partial charge on any atom is -0.394 e. The van der Waals surface area contributed by atoms with E-state index < -0.39 is 217 Å². The number of rotatable bonds is 23. The van der Waals surface area contributed by atoms with Crippen LogP contribution >= 0.6 is 0 Å². The molecule has 1 amide bonds. The number of carbonyl (C=O) groups excluding carboxylic acids is 1. The van der Waals surface area contributed by atoms with Gasteiger partial charge in [-0.05, 0) is 66.1 Å². The Morgan fingerprint density at radius 3 is 0.825 bits per heavy atom. The Bertz CT molecular complexity index is 2230. The highest BCUT2D eigenvalue weighted by Crippen LogP contribution is 2.33. The molecule has 6 aliphatic rings. The number of aliphatic hydroxyl groups excluding tert-OH is 21. The molecule has 6 heterocycles. The van der Waals surface area contributed by atoms with Gasteiger partial charge in [0.05, 0.1) is 72.2 Å². The van der Waals surface area contributed by atoms with Crippen LogP contribution in [-0.2, 0) is 61.6 Å². The first-order chi connectivity index (χ1) is 47.4. The number of amides is 1. The van der Waals surface area contributed by atoms with Gasteiger partial charge in [0, 0.05) is 6.92 Å². The molecule has 0 bridgehead atoms. The highest BCUT2D eigenvalue weighted by Gasteiger charge is 2.52. The first kappa shape index (κ1) is 97.2. The van der Waals surface area contributed by atoms with E-state index in [9.17, 15) is 102 Å². The average Bonchev–Trinajstić information content (AvgIpc) is 1.03. The van der Waals surface area contributed by atoms with E-state index in [0.29, 0.717) is 32.8 Å². The van der Waals surface area contributed by atoms with Crippen molar-refractivity contribution in [3.63, 3.8) is 0 Å². The maximum Gasteiger partial charge on any atom is 0.217 e. The summed E-state index contributed by atoms with van der Waals surface area (Å²) in [5, 5.41) is 206. The van der Waals surface area contributed by atoms with Crippen LogP contribution < -0.4 is 5.32 Å². The molecule has 0 aromatic rings. The minimum atomic E-state index is -1.71. The molecule has 0 spiro atoms. The SMILES string of the molecule is CC(=O)N[C@H]1[C@H](OCCC(C)(C)C)O[C@H](CO)[C@@H](O)[C@@H]1O.CC(C)(C)CCO[C@H]1O[C@H](CO)[C@@H](O)[C@H](O)[C@@H]1O.CC(C)(C)CCO[C@H]1O[C@H](CO)[C@@H](O)[C@H](O)[C@H]1O.CC(C)(C)CCO[C@H]1O[C@H](CO)[C@@H](O)[C@H](O[C@H]2O[C@H](CO)[C@@H](O)[C@H](O)[C@@H]2O)[C@@H]1O.C[C@@H]1O[C@@H](OCCC(C)(C)C)[C@@H](O)[C@H](O)[C@@H]1O. The van der Waals surface area contributed by atoms with Crippen LogP contribution in [0.15, 0.2) is 0 Å². The van der Waals surface area contributed by atoms with Crippen molar-refractivity contribution in [2.45, 2.75) is 334 Å². The van der Waals surface area contributed by atoms with Crippen molar-refractivity contribution in [3.05, 3.63) is 0 Å². The molecule has 35 nitrogen and oxygen atoms in total. The van der Waals surface area contributed by atoms with Crippen molar-refractivity contribution in [2.75, 3.05) is 66.1 Å². The summed E-state index contributed by atoms with van der Waals surface area (Å²) in [4.78, 5) is 11.2. The van der Waals surface area contributed by atoms with Gasteiger partial charge in [0.2, 0.25) is 5.91 Å². The van der Waals surface area contributed by atoms with Crippen molar-refractivity contribution in [1.29, 1.82) is 0 Å². The minimum absolute atomic E-state index is 0.0260. The number of hydrogen-bond acceptors (Lipinski definition) is 34. The summed E-state index contributed by atoms with van der Waals surface area (Å²) in [5.74, 6) is -0.360. The van der Waals surface area contributed by atoms with Crippen molar-refractivity contribution in [2.24, 2.45) is 27.1 Å². The summed E-state index contributed by atoms with van der Waals surface area (Å²) in [5.41, 5.74) is 0.375. The fraction of sp³-hybridized carbons (Fsp3) is 0.985. The van der Waals surface area contributed by atoms with E-state index in [0.717, 1.165) is 25.7 Å². The fourth-order valence-electron chi connectivity index (χ4n) is 10.3. The van der Waals surface area contributed by atoms with Gasteiger partial charge in [0.1, 0.15) is 140 Å². The highest BCUT2D eigenvalue weighted by molar-refractivity contribution is 5.73. The molecule has 0 aromatic heterocycles. The molecule has 22 N–H and O–H groups in total. The van der Waals surface area contributed by atoms with Gasteiger partial charge in [-0.2, -0.15) is 0 Å². The molecule has 30 atom stereocenters. The zero-order chi connectivity index (χ0) is 79.2. The first-order valence-electron chi connectivity index (χ1n) is 35.3. The third kappa shape index (κ3) is 32.9. The summed E-state index contributed by atoms with van der Waals surface area (Å²) in [7, 11) is 0. The molecule has 6 fully saturated rings. The van der Waals surface area contributed by atoms with Crippen LogP contribution in [0.25, 0.3) is 0 Å². The third-order valence-corrected chi connectivity index (χ3v) is 17.4. The molecule has 614 valence electrons. The standard InChI is InChI=1S/C18H34O11.C14H27NO6.2C12H24O6.C12H24O5/c1-18(2,3)4-5-26-16-14(25)15(11(22)9(7-20)27-16)29-17-13(24)12(23)10(21)8(6-19)28-17;1-8(17)15-10-12(19)11(18)9(7-16)21-13(10)20-6-5-14(2,3)4;2*1-12(2,3)4-5-17-11-10(16)9(15)8(14)7(6-13)18-11;1-7-8(13)9(14)10(15)11(17-7)16-6-5-12(2,3)4/h8-17,19-25H,4-7H2,1-3H3;9-13,16,18-19H,5-7H2,1-4H3,(H,15,17);2*7-11,13-16H,4-6H2,1-3H3;7-11,13-15H,5-6H2,1-4H3/t8-,9-,10-,11-,12+,13+,14+,15+,16+,17-;9-,10-,11-,12-,13-;7-,8-,9+,10+,11+;7-,8-,9+,10-,11+;7-,8+,9+,10-,11+/m11110/s1. The predicted molar refractivity (Wildman–Crippen MR) is 362 cm³/mol. The Kier molecular flexibility index (Phi) is 41.8. The van der Waals surface area contributed by atoms with Crippen molar-refractivity contribution < 1.29 is 169 Å². The van der Waals surface area contributed by atoms with E-state index in [1.807, 2.05) is 20.8 Å². The molecule has 0 unspecified atom stereocenters. The maximum absolute atomic E-state index is 11.2. The van der Waals surface area contributed by atoms with E-state index in [-0.39, 0.29) is 39.6 Å². The summed E-state index contributed by atoms with van der Waals surface area (Å²) in [6.45, 7) is 33.1. The Hall–Kier alpha value is -1.85. The van der Waals surface area contributed by atoms with Gasteiger partial charge < -0.3 is 169 Å².